The van der Waals surface area contributed by atoms with Gasteiger partial charge in [-0.15, -0.1) is 0 Å². The van der Waals surface area contributed by atoms with Gasteiger partial charge in [0.2, 0.25) is 0 Å². The molecule has 2 aromatic heterocycles. The van der Waals surface area contributed by atoms with E-state index in [2.05, 4.69) is 25.3 Å². The van der Waals surface area contributed by atoms with Crippen LogP contribution in [0.1, 0.15) is 24.3 Å². The minimum atomic E-state index is 0.475. The van der Waals surface area contributed by atoms with E-state index in [4.69, 9.17) is 5.73 Å². The quantitative estimate of drug-likeness (QED) is 0.843. The summed E-state index contributed by atoms with van der Waals surface area (Å²) in [5, 5.41) is 3.18. The van der Waals surface area contributed by atoms with E-state index in [1.54, 1.807) is 12.3 Å². The molecule has 0 amide bonds. The summed E-state index contributed by atoms with van der Waals surface area (Å²) < 4.78 is 0. The summed E-state index contributed by atoms with van der Waals surface area (Å²) in [4.78, 5) is 16.8. The fourth-order valence-electron chi connectivity index (χ4n) is 1.55. The molecule has 0 fully saturated rings. The zero-order valence-electron chi connectivity index (χ0n) is 10.5. The Morgan fingerprint density at radius 3 is 2.83 bits per heavy atom. The minimum Gasteiger partial charge on any atom is -0.384 e. The Hall–Kier alpha value is -2.24. The van der Waals surface area contributed by atoms with E-state index >= 15 is 0 Å². The molecule has 0 aliphatic heterocycles. The molecule has 94 valence electrons. The van der Waals surface area contributed by atoms with Crippen LogP contribution < -0.4 is 11.1 Å². The molecule has 0 aromatic carbocycles. The van der Waals surface area contributed by atoms with Gasteiger partial charge in [-0.05, 0) is 13.0 Å². The number of aromatic nitrogens is 4. The topological polar surface area (TPSA) is 89.6 Å². The maximum Gasteiger partial charge on any atom is 0.132 e. The maximum atomic E-state index is 5.71. The molecule has 0 aliphatic rings. The highest BCUT2D eigenvalue weighted by molar-refractivity contribution is 5.44. The third-order valence-corrected chi connectivity index (χ3v) is 2.39. The molecule has 2 rings (SSSR count). The second-order valence-corrected chi connectivity index (χ2v) is 3.90. The van der Waals surface area contributed by atoms with Gasteiger partial charge in [0.25, 0.3) is 0 Å². The lowest BCUT2D eigenvalue weighted by Gasteiger charge is -2.07. The van der Waals surface area contributed by atoms with Crippen molar-refractivity contribution >= 4 is 11.6 Å². The Balaban J connectivity index is 2.08. The highest BCUT2D eigenvalue weighted by Gasteiger charge is 2.02. The van der Waals surface area contributed by atoms with Crippen LogP contribution >= 0.6 is 0 Å². The molecule has 6 heteroatoms. The van der Waals surface area contributed by atoms with Crippen LogP contribution in [-0.4, -0.2) is 19.9 Å². The number of nitrogens with zero attached hydrogens (tertiary/aromatic N) is 4. The van der Waals surface area contributed by atoms with Crippen molar-refractivity contribution in [2.75, 3.05) is 11.1 Å². The number of aryl methyl sites for hydroxylation is 2. The van der Waals surface area contributed by atoms with Crippen LogP contribution in [0.2, 0.25) is 0 Å². The molecule has 0 unspecified atom stereocenters. The van der Waals surface area contributed by atoms with Crippen LogP contribution in [0.5, 0.6) is 0 Å². The second kappa shape index (κ2) is 5.39. The number of anilines is 2. The predicted molar refractivity (Wildman–Crippen MR) is 69.9 cm³/mol. The van der Waals surface area contributed by atoms with Gasteiger partial charge in [-0.3, -0.25) is 0 Å². The van der Waals surface area contributed by atoms with Crippen molar-refractivity contribution in [1.29, 1.82) is 0 Å². The Morgan fingerprint density at radius 1 is 1.28 bits per heavy atom. The minimum absolute atomic E-state index is 0.475. The fourth-order valence-corrected chi connectivity index (χ4v) is 1.55. The molecular weight excluding hydrogens is 228 g/mol. The largest absolute Gasteiger partial charge is 0.384 e. The molecule has 0 saturated heterocycles. The zero-order chi connectivity index (χ0) is 13.0. The zero-order valence-corrected chi connectivity index (χ0v) is 10.5. The van der Waals surface area contributed by atoms with Gasteiger partial charge in [-0.25, -0.2) is 19.9 Å². The van der Waals surface area contributed by atoms with E-state index in [9.17, 15) is 0 Å². The summed E-state index contributed by atoms with van der Waals surface area (Å²) in [5.74, 6) is 2.68. The van der Waals surface area contributed by atoms with Gasteiger partial charge < -0.3 is 11.1 Å². The van der Waals surface area contributed by atoms with Crippen molar-refractivity contribution in [3.8, 4) is 0 Å². The van der Waals surface area contributed by atoms with Crippen LogP contribution in [0.15, 0.2) is 18.3 Å². The Labute approximate surface area is 106 Å². The summed E-state index contributed by atoms with van der Waals surface area (Å²) in [7, 11) is 0. The van der Waals surface area contributed by atoms with Gasteiger partial charge in [0, 0.05) is 18.7 Å². The predicted octanol–water partition coefficient (Wildman–Crippen LogP) is 1.33. The highest BCUT2D eigenvalue weighted by Crippen LogP contribution is 2.09. The van der Waals surface area contributed by atoms with Gasteiger partial charge in [0.05, 0.1) is 12.2 Å². The lowest BCUT2D eigenvalue weighted by molar-refractivity contribution is 0.919. The third kappa shape index (κ3) is 3.13. The number of nitrogen functional groups attached to an aromatic ring is 1. The monoisotopic (exact) mass is 244 g/mol. The van der Waals surface area contributed by atoms with Gasteiger partial charge in [0.15, 0.2) is 0 Å². The molecule has 18 heavy (non-hydrogen) atoms. The normalized spacial score (nSPS) is 10.3. The van der Waals surface area contributed by atoms with Crippen LogP contribution in [0.4, 0.5) is 11.6 Å². The third-order valence-electron chi connectivity index (χ3n) is 2.39. The molecule has 0 atom stereocenters. The molecule has 0 aliphatic carbocycles. The average molecular weight is 244 g/mol. The van der Waals surface area contributed by atoms with E-state index in [0.717, 1.165) is 29.6 Å². The smallest absolute Gasteiger partial charge is 0.132 e. The Morgan fingerprint density at radius 2 is 2.11 bits per heavy atom. The summed E-state index contributed by atoms with van der Waals surface area (Å²) >= 11 is 0. The molecule has 3 N–H and O–H groups in total. The van der Waals surface area contributed by atoms with Crippen molar-refractivity contribution in [2.45, 2.75) is 26.8 Å². The van der Waals surface area contributed by atoms with E-state index < -0.39 is 0 Å². The van der Waals surface area contributed by atoms with Crippen LogP contribution in [0, 0.1) is 6.92 Å². The van der Waals surface area contributed by atoms with Crippen molar-refractivity contribution < 1.29 is 0 Å². The van der Waals surface area contributed by atoms with Crippen molar-refractivity contribution in [1.82, 2.24) is 19.9 Å². The van der Waals surface area contributed by atoms with Crippen LogP contribution in [-0.2, 0) is 13.0 Å². The SMILES string of the molecule is CCc1nc(N)cc(NCc2ccnc(C)n2)n1. The summed E-state index contributed by atoms with van der Waals surface area (Å²) in [6, 6.07) is 3.58. The summed E-state index contributed by atoms with van der Waals surface area (Å²) in [5.41, 5.74) is 6.63. The molecule has 6 nitrogen and oxygen atoms in total. The highest BCUT2D eigenvalue weighted by atomic mass is 15.1. The standard InChI is InChI=1S/C12H16N6/c1-3-11-17-10(13)6-12(18-11)15-7-9-4-5-14-8(2)16-9/h4-6H,3,7H2,1-2H3,(H3,13,15,17,18). The number of hydrogen-bond donors (Lipinski definition) is 2. The molecule has 0 bridgehead atoms. The number of hydrogen-bond acceptors (Lipinski definition) is 6. The Kier molecular flexibility index (Phi) is 3.66. The fraction of sp³-hybridized carbons (Fsp3) is 0.333. The molecule has 0 spiro atoms. The van der Waals surface area contributed by atoms with E-state index in [1.165, 1.54) is 0 Å². The molecule has 2 aromatic rings. The van der Waals surface area contributed by atoms with E-state index in [1.807, 2.05) is 19.9 Å². The van der Waals surface area contributed by atoms with E-state index in [-0.39, 0.29) is 0 Å². The average Bonchev–Trinajstić information content (AvgIpc) is 2.36. The second-order valence-electron chi connectivity index (χ2n) is 3.90. The molecule has 2 heterocycles. The first kappa shape index (κ1) is 12.2. The van der Waals surface area contributed by atoms with E-state index in [0.29, 0.717) is 12.4 Å². The van der Waals surface area contributed by atoms with Crippen molar-refractivity contribution in [2.24, 2.45) is 0 Å². The number of nitrogens with two attached hydrogens (primary N) is 1. The first-order chi connectivity index (χ1) is 8.67. The molecule has 0 saturated carbocycles. The lowest BCUT2D eigenvalue weighted by atomic mass is 10.3. The van der Waals surface area contributed by atoms with Crippen molar-refractivity contribution in [3.63, 3.8) is 0 Å². The van der Waals surface area contributed by atoms with Gasteiger partial charge in [0.1, 0.15) is 23.3 Å². The summed E-state index contributed by atoms with van der Waals surface area (Å²) in [6.45, 7) is 4.44. The van der Waals surface area contributed by atoms with Crippen LogP contribution in [0.3, 0.4) is 0 Å². The lowest BCUT2D eigenvalue weighted by Crippen LogP contribution is -2.07. The number of nitrogens with one attached hydrogen (secondary N) is 1. The van der Waals surface area contributed by atoms with Crippen molar-refractivity contribution in [3.05, 3.63) is 35.7 Å². The van der Waals surface area contributed by atoms with Gasteiger partial charge in [-0.2, -0.15) is 0 Å². The maximum absolute atomic E-state index is 5.71. The van der Waals surface area contributed by atoms with Crippen LogP contribution in [0.25, 0.3) is 0 Å². The first-order valence-corrected chi connectivity index (χ1v) is 5.83. The number of rotatable bonds is 4. The first-order valence-electron chi connectivity index (χ1n) is 5.83. The molecule has 0 radical (unpaired) electrons. The van der Waals surface area contributed by atoms with Gasteiger partial charge >= 0.3 is 0 Å². The Bertz CT molecular complexity index is 540. The van der Waals surface area contributed by atoms with Gasteiger partial charge in [-0.1, -0.05) is 6.92 Å². The summed E-state index contributed by atoms with van der Waals surface area (Å²) in [6.07, 6.45) is 2.50. The molecular formula is C12H16N6.